The summed E-state index contributed by atoms with van der Waals surface area (Å²) in [6.07, 6.45) is 1.21. The molecular weight excluding hydrogens is 390 g/mol. The summed E-state index contributed by atoms with van der Waals surface area (Å²) in [4.78, 5) is 35.8. The Bertz CT molecular complexity index is 872. The van der Waals surface area contributed by atoms with Crippen molar-refractivity contribution in [2.24, 2.45) is 0 Å². The zero-order valence-electron chi connectivity index (χ0n) is 15.8. The van der Waals surface area contributed by atoms with Gasteiger partial charge in [0.25, 0.3) is 0 Å². The van der Waals surface area contributed by atoms with E-state index in [2.05, 4.69) is 15.0 Å². The Kier molecular flexibility index (Phi) is 6.01. The fourth-order valence-electron chi connectivity index (χ4n) is 3.17. The van der Waals surface area contributed by atoms with Crippen LogP contribution < -0.4 is 5.73 Å². The van der Waals surface area contributed by atoms with Crippen molar-refractivity contribution in [3.05, 3.63) is 12.7 Å². The Hall–Kier alpha value is -2.44. The second-order valence-corrected chi connectivity index (χ2v) is 7.00. The number of carbonyl (C=O) groups excluding carboxylic acids is 2. The molecule has 28 heavy (non-hydrogen) atoms. The van der Waals surface area contributed by atoms with E-state index < -0.39 is 41.9 Å². The maximum atomic E-state index is 11.8. The highest BCUT2D eigenvalue weighted by Crippen LogP contribution is 2.39. The van der Waals surface area contributed by atoms with Crippen LogP contribution in [0.2, 0.25) is 0 Å². The average molecular weight is 411 g/mol. The Balaban J connectivity index is 2.07. The van der Waals surface area contributed by atoms with E-state index in [1.807, 2.05) is 6.26 Å². The van der Waals surface area contributed by atoms with Gasteiger partial charge in [-0.2, -0.15) is 0 Å². The van der Waals surface area contributed by atoms with Crippen molar-refractivity contribution in [1.29, 1.82) is 0 Å². The first-order valence-corrected chi connectivity index (χ1v) is 9.64. The summed E-state index contributed by atoms with van der Waals surface area (Å²) in [7, 11) is 1.52. The molecule has 1 saturated heterocycles. The van der Waals surface area contributed by atoms with Crippen molar-refractivity contribution in [3.63, 3.8) is 0 Å². The van der Waals surface area contributed by atoms with E-state index >= 15 is 0 Å². The molecule has 0 saturated carbocycles. The average Bonchev–Trinajstić information content (AvgIpc) is 3.19. The number of nitrogen functional groups attached to an aromatic ring is 1. The molecule has 1 aliphatic heterocycles. The third kappa shape index (κ3) is 3.75. The maximum Gasteiger partial charge on any atom is 0.303 e. The van der Waals surface area contributed by atoms with E-state index in [4.69, 9.17) is 24.7 Å². The molecule has 0 radical (unpaired) electrons. The molecule has 0 spiro atoms. The number of rotatable bonds is 6. The Morgan fingerprint density at radius 2 is 1.89 bits per heavy atom. The van der Waals surface area contributed by atoms with Gasteiger partial charge in [0, 0.05) is 21.0 Å². The number of methoxy groups -OCH3 is 1. The predicted octanol–water partition coefficient (Wildman–Crippen LogP) is 0.505. The van der Waals surface area contributed by atoms with Crippen LogP contribution in [0.25, 0.3) is 11.2 Å². The first-order chi connectivity index (χ1) is 13.4. The zero-order valence-corrected chi connectivity index (χ0v) is 16.6. The molecule has 0 aromatic carbocycles. The highest BCUT2D eigenvalue weighted by molar-refractivity contribution is 7.99. The third-order valence-electron chi connectivity index (χ3n) is 4.22. The smallest absolute Gasteiger partial charge is 0.303 e. The molecule has 152 valence electrons. The van der Waals surface area contributed by atoms with Crippen molar-refractivity contribution in [3.8, 4) is 0 Å². The number of thioether (sulfide) groups is 1. The number of nitrogens with two attached hydrogens (primary N) is 1. The number of fused-ring (bicyclic) bond motifs is 1. The fourth-order valence-corrected chi connectivity index (χ4v) is 3.85. The van der Waals surface area contributed by atoms with Crippen LogP contribution in [0, 0.1) is 0 Å². The van der Waals surface area contributed by atoms with Gasteiger partial charge in [-0.15, -0.1) is 11.8 Å². The molecule has 2 aromatic heterocycles. The predicted molar refractivity (Wildman–Crippen MR) is 99.1 cm³/mol. The summed E-state index contributed by atoms with van der Waals surface area (Å²) < 4.78 is 24.1. The van der Waals surface area contributed by atoms with Crippen molar-refractivity contribution in [2.45, 2.75) is 43.8 Å². The van der Waals surface area contributed by atoms with Gasteiger partial charge < -0.3 is 24.7 Å². The van der Waals surface area contributed by atoms with Crippen molar-refractivity contribution >= 4 is 40.7 Å². The highest BCUT2D eigenvalue weighted by Gasteiger charge is 2.53. The summed E-state index contributed by atoms with van der Waals surface area (Å²) in [6, 6.07) is 0. The van der Waals surface area contributed by atoms with Crippen LogP contribution in [-0.2, 0) is 28.5 Å². The summed E-state index contributed by atoms with van der Waals surface area (Å²) in [5.74, 6) is -0.875. The van der Waals surface area contributed by atoms with Crippen molar-refractivity contribution < 1.29 is 28.5 Å². The van der Waals surface area contributed by atoms with Gasteiger partial charge in [0.2, 0.25) is 0 Å². The minimum Gasteiger partial charge on any atom is -0.455 e. The maximum absolute atomic E-state index is 11.8. The molecule has 1 aliphatic rings. The quantitative estimate of drug-likeness (QED) is 0.525. The normalized spacial score (nSPS) is 25.6. The van der Waals surface area contributed by atoms with Crippen LogP contribution in [0.1, 0.15) is 20.1 Å². The number of anilines is 1. The van der Waals surface area contributed by atoms with Crippen molar-refractivity contribution in [1.82, 2.24) is 19.5 Å². The monoisotopic (exact) mass is 411 g/mol. The molecule has 3 rings (SSSR count). The van der Waals surface area contributed by atoms with Gasteiger partial charge in [-0.3, -0.25) is 14.2 Å². The van der Waals surface area contributed by atoms with Crippen LogP contribution in [-0.4, -0.2) is 68.6 Å². The standard InChI is InChI=1S/C16H21N5O6S/c1-7(22)25-10-11(26-8(2)23)15(27-12(10)16(24-3)28-4)21-6-20-9-13(17)18-5-19-14(9)21/h5-6,10-12,15-16H,1-4H3,(H2,17,18,19)/t10-,11+,12-,15+,16?/m0/s1. The Morgan fingerprint density at radius 3 is 2.50 bits per heavy atom. The number of hydrogen-bond donors (Lipinski definition) is 1. The molecule has 11 nitrogen and oxygen atoms in total. The fraction of sp³-hybridized carbons (Fsp3) is 0.562. The number of ether oxygens (including phenoxy) is 4. The molecule has 1 unspecified atom stereocenters. The number of hydrogen-bond acceptors (Lipinski definition) is 11. The SMILES string of the molecule is COC(SC)[C@H]1O[C@@H](n2cnc3c(N)ncnc32)[C@H](OC(C)=O)[C@@H]1OC(C)=O. The number of aromatic nitrogens is 4. The lowest BCUT2D eigenvalue weighted by molar-refractivity contribution is -0.166. The molecular formula is C16H21N5O6S. The lowest BCUT2D eigenvalue weighted by Crippen LogP contribution is -2.43. The summed E-state index contributed by atoms with van der Waals surface area (Å²) in [5.41, 5.74) is 6.16. The van der Waals surface area contributed by atoms with E-state index in [1.54, 1.807) is 4.57 Å². The number of esters is 2. The summed E-state index contributed by atoms with van der Waals surface area (Å²) in [6.45, 7) is 2.54. The second kappa shape index (κ2) is 8.29. The van der Waals surface area contributed by atoms with E-state index in [9.17, 15) is 9.59 Å². The molecule has 2 aromatic rings. The van der Waals surface area contributed by atoms with Gasteiger partial charge in [0.05, 0.1) is 6.33 Å². The molecule has 3 heterocycles. The Labute approximate surface area is 164 Å². The van der Waals surface area contributed by atoms with Gasteiger partial charge in [-0.25, -0.2) is 15.0 Å². The largest absolute Gasteiger partial charge is 0.455 e. The molecule has 0 amide bonds. The van der Waals surface area contributed by atoms with E-state index in [0.717, 1.165) is 0 Å². The van der Waals surface area contributed by atoms with Gasteiger partial charge in [-0.05, 0) is 6.26 Å². The summed E-state index contributed by atoms with van der Waals surface area (Å²) in [5, 5.41) is 0. The van der Waals surface area contributed by atoms with Crippen LogP contribution in [0.5, 0.6) is 0 Å². The summed E-state index contributed by atoms with van der Waals surface area (Å²) >= 11 is 1.37. The van der Waals surface area contributed by atoms with Crippen molar-refractivity contribution in [2.75, 3.05) is 19.1 Å². The molecule has 5 atom stereocenters. The highest BCUT2D eigenvalue weighted by atomic mass is 32.2. The topological polar surface area (TPSA) is 141 Å². The molecule has 0 bridgehead atoms. The van der Waals surface area contributed by atoms with Crippen LogP contribution in [0.15, 0.2) is 12.7 Å². The lowest BCUT2D eigenvalue weighted by Gasteiger charge is -2.26. The first-order valence-electron chi connectivity index (χ1n) is 8.35. The van der Waals surface area contributed by atoms with E-state index in [-0.39, 0.29) is 5.82 Å². The second-order valence-electron chi connectivity index (χ2n) is 6.06. The molecule has 2 N–H and O–H groups in total. The number of carbonyl (C=O) groups is 2. The molecule has 12 heteroatoms. The minimum atomic E-state index is -0.940. The minimum absolute atomic E-state index is 0.206. The Morgan fingerprint density at radius 1 is 1.21 bits per heavy atom. The molecule has 1 fully saturated rings. The number of imidazole rings is 1. The first kappa shape index (κ1) is 20.3. The lowest BCUT2D eigenvalue weighted by atomic mass is 10.1. The van der Waals surface area contributed by atoms with Gasteiger partial charge in [-0.1, -0.05) is 0 Å². The van der Waals surface area contributed by atoms with Crippen LogP contribution >= 0.6 is 11.8 Å². The number of nitrogens with zero attached hydrogens (tertiary/aromatic N) is 4. The van der Waals surface area contributed by atoms with E-state index in [0.29, 0.717) is 11.2 Å². The third-order valence-corrected chi connectivity index (χ3v) is 5.15. The van der Waals surface area contributed by atoms with Gasteiger partial charge in [0.1, 0.15) is 23.4 Å². The van der Waals surface area contributed by atoms with Gasteiger partial charge >= 0.3 is 11.9 Å². The van der Waals surface area contributed by atoms with Crippen LogP contribution in [0.3, 0.4) is 0 Å². The van der Waals surface area contributed by atoms with Gasteiger partial charge in [0.15, 0.2) is 29.9 Å². The zero-order chi connectivity index (χ0) is 20.4. The van der Waals surface area contributed by atoms with Crippen LogP contribution in [0.4, 0.5) is 5.82 Å². The molecule has 0 aliphatic carbocycles. The van der Waals surface area contributed by atoms with E-state index in [1.165, 1.54) is 45.4 Å².